The third-order valence-corrected chi connectivity index (χ3v) is 10.1. The van der Waals surface area contributed by atoms with Crippen LogP contribution < -0.4 is 0 Å². The van der Waals surface area contributed by atoms with Crippen molar-refractivity contribution >= 4 is 35.1 Å². The molecular formula is C30H39Cl2NO10. The van der Waals surface area contributed by atoms with E-state index in [-0.39, 0.29) is 41.6 Å². The van der Waals surface area contributed by atoms with Gasteiger partial charge >= 0.3 is 11.9 Å². The minimum atomic E-state index is -1.17. The fraction of sp³-hybridized carbons (Fsp3) is 0.667. The van der Waals surface area contributed by atoms with Gasteiger partial charge < -0.3 is 43.6 Å². The van der Waals surface area contributed by atoms with E-state index in [1.165, 1.54) is 27.4 Å². The van der Waals surface area contributed by atoms with Crippen LogP contribution >= 0.6 is 23.2 Å². The number of hydrogen-bond acceptors (Lipinski definition) is 10. The first-order valence-electron chi connectivity index (χ1n) is 14.3. The summed E-state index contributed by atoms with van der Waals surface area (Å²) in [4.78, 5) is 29.8. The number of nitrogens with one attached hydrogen (secondary N) is 1. The topological polar surface area (TPSA) is 146 Å². The van der Waals surface area contributed by atoms with Crippen molar-refractivity contribution in [1.29, 1.82) is 0 Å². The molecule has 3 N–H and O–H groups in total. The molecule has 1 aromatic rings. The largest absolute Gasteiger partial charge is 0.459 e. The van der Waals surface area contributed by atoms with Crippen molar-refractivity contribution in [3.05, 3.63) is 45.7 Å². The number of esters is 2. The molecule has 4 aliphatic rings. The van der Waals surface area contributed by atoms with Crippen LogP contribution in [0, 0.1) is 35.5 Å². The average molecular weight is 645 g/mol. The van der Waals surface area contributed by atoms with Gasteiger partial charge in [0.2, 0.25) is 0 Å². The first-order valence-corrected chi connectivity index (χ1v) is 15.1. The zero-order valence-electron chi connectivity index (χ0n) is 24.7. The molecule has 43 heavy (non-hydrogen) atoms. The minimum Gasteiger partial charge on any atom is -0.459 e. The van der Waals surface area contributed by atoms with E-state index in [0.717, 1.165) is 5.57 Å². The zero-order chi connectivity index (χ0) is 31.2. The highest BCUT2D eigenvalue weighted by atomic mass is 35.5. The van der Waals surface area contributed by atoms with Crippen molar-refractivity contribution in [3.63, 3.8) is 0 Å². The van der Waals surface area contributed by atoms with Crippen LogP contribution in [-0.2, 0) is 33.2 Å². The molecule has 13 heteroatoms. The summed E-state index contributed by atoms with van der Waals surface area (Å²) in [5.74, 6) is -4.61. The molecular weight excluding hydrogens is 605 g/mol. The highest BCUT2D eigenvalue weighted by Gasteiger charge is 2.71. The molecule has 0 amide bonds. The van der Waals surface area contributed by atoms with Gasteiger partial charge in [0, 0.05) is 50.9 Å². The Kier molecular flexibility index (Phi) is 9.66. The van der Waals surface area contributed by atoms with Crippen LogP contribution in [0.3, 0.4) is 0 Å². The van der Waals surface area contributed by atoms with Gasteiger partial charge in [-0.05, 0) is 18.6 Å². The Morgan fingerprint density at radius 2 is 1.88 bits per heavy atom. The molecule has 2 fully saturated rings. The lowest BCUT2D eigenvalue weighted by molar-refractivity contribution is -0.173. The second kappa shape index (κ2) is 12.8. The van der Waals surface area contributed by atoms with E-state index in [4.69, 9.17) is 51.6 Å². The summed E-state index contributed by atoms with van der Waals surface area (Å²) in [7, 11) is 4.47. The molecule has 0 radical (unpaired) electrons. The Labute approximate surface area is 260 Å². The van der Waals surface area contributed by atoms with Crippen LogP contribution in [0.1, 0.15) is 24.3 Å². The summed E-state index contributed by atoms with van der Waals surface area (Å²) in [6, 6.07) is 1.38. The van der Waals surface area contributed by atoms with Crippen molar-refractivity contribution in [3.8, 4) is 0 Å². The normalized spacial score (nSPS) is 40.4. The van der Waals surface area contributed by atoms with E-state index in [1.807, 2.05) is 32.1 Å². The fourth-order valence-electron chi connectivity index (χ4n) is 7.70. The van der Waals surface area contributed by atoms with Crippen molar-refractivity contribution in [2.45, 2.75) is 50.0 Å². The number of aromatic amines is 1. The average Bonchev–Trinajstić information content (AvgIpc) is 3.40. The molecule has 5 rings (SSSR count). The second-order valence-electron chi connectivity index (χ2n) is 11.9. The summed E-state index contributed by atoms with van der Waals surface area (Å²) in [5, 5.41) is 23.2. The maximum atomic E-state index is 13.8. The van der Waals surface area contributed by atoms with Gasteiger partial charge in [-0.3, -0.25) is 4.79 Å². The van der Waals surface area contributed by atoms with Gasteiger partial charge in [-0.15, -0.1) is 0 Å². The van der Waals surface area contributed by atoms with Gasteiger partial charge in [0.25, 0.3) is 0 Å². The number of methoxy groups -OCH3 is 3. The molecule has 4 bridgehead atoms. The van der Waals surface area contributed by atoms with Gasteiger partial charge in [0.15, 0.2) is 0 Å². The number of carbonyl (C=O) groups is 2. The Morgan fingerprint density at radius 1 is 1.16 bits per heavy atom. The minimum absolute atomic E-state index is 0.0140. The maximum absolute atomic E-state index is 13.8. The molecule has 1 spiro atoms. The van der Waals surface area contributed by atoms with E-state index < -0.39 is 77.6 Å². The fourth-order valence-corrected chi connectivity index (χ4v) is 8.01. The second-order valence-corrected chi connectivity index (χ2v) is 12.7. The molecule has 3 heterocycles. The van der Waals surface area contributed by atoms with E-state index in [9.17, 15) is 19.8 Å². The Hall–Kier alpha value is -1.96. The number of aromatic nitrogens is 1. The highest BCUT2D eigenvalue weighted by molar-refractivity contribution is 6.41. The summed E-state index contributed by atoms with van der Waals surface area (Å²) in [6.45, 7) is 3.83. The molecule has 1 saturated carbocycles. The van der Waals surface area contributed by atoms with Gasteiger partial charge in [0.1, 0.15) is 40.9 Å². The molecule has 11 nitrogen and oxygen atoms in total. The van der Waals surface area contributed by atoms with E-state index in [0.29, 0.717) is 0 Å². The Morgan fingerprint density at radius 3 is 2.51 bits per heavy atom. The summed E-state index contributed by atoms with van der Waals surface area (Å²) < 4.78 is 35.1. The van der Waals surface area contributed by atoms with Crippen LogP contribution in [0.5, 0.6) is 0 Å². The van der Waals surface area contributed by atoms with Crippen LogP contribution in [0.4, 0.5) is 0 Å². The van der Waals surface area contributed by atoms with Crippen molar-refractivity contribution in [2.24, 2.45) is 35.5 Å². The van der Waals surface area contributed by atoms with Crippen LogP contribution in [-0.4, -0.2) is 104 Å². The summed E-state index contributed by atoms with van der Waals surface area (Å²) in [6.07, 6.45) is 1.20. The lowest BCUT2D eigenvalue weighted by Crippen LogP contribution is -2.59. The van der Waals surface area contributed by atoms with E-state index >= 15 is 0 Å². The maximum Gasteiger partial charge on any atom is 0.355 e. The first kappa shape index (κ1) is 32.4. The predicted octanol–water partition coefficient (Wildman–Crippen LogP) is 2.82. The van der Waals surface area contributed by atoms with Crippen molar-refractivity contribution in [2.75, 3.05) is 41.2 Å². The number of aliphatic hydroxyl groups is 2. The number of cyclic esters (lactones) is 1. The number of rotatable bonds is 9. The van der Waals surface area contributed by atoms with Gasteiger partial charge in [-0.1, -0.05) is 48.4 Å². The third-order valence-electron chi connectivity index (χ3n) is 9.45. The van der Waals surface area contributed by atoms with Crippen molar-refractivity contribution < 1.29 is 48.2 Å². The highest BCUT2D eigenvalue weighted by Crippen LogP contribution is 2.62. The number of hydrogen-bond donors (Lipinski definition) is 3. The molecule has 2 aliphatic heterocycles. The van der Waals surface area contributed by atoms with Crippen LogP contribution in [0.2, 0.25) is 10.2 Å². The van der Waals surface area contributed by atoms with Crippen LogP contribution in [0.15, 0.2) is 29.9 Å². The number of H-pyrrole nitrogens is 1. The van der Waals surface area contributed by atoms with E-state index in [1.54, 1.807) is 0 Å². The van der Waals surface area contributed by atoms with Gasteiger partial charge in [-0.2, -0.15) is 0 Å². The summed E-state index contributed by atoms with van der Waals surface area (Å²) in [5.41, 5.74) is -0.343. The molecule has 2 aliphatic carbocycles. The Bertz CT molecular complexity index is 1250. The summed E-state index contributed by atoms with van der Waals surface area (Å²) >= 11 is 12.1. The molecule has 1 aromatic heterocycles. The van der Waals surface area contributed by atoms with Crippen molar-refractivity contribution in [1.82, 2.24) is 4.98 Å². The van der Waals surface area contributed by atoms with Gasteiger partial charge in [0.05, 0.1) is 36.9 Å². The SMILES string of the molecule is COC[C@@H]1[C@@H](O)[C@@H]2[C@H]3C=C[C@@H]4[C@@H](COC)C(=O)O[C@H]([C@H](O)COC)[C@H](C)/C=C(\C)[C@@]24O[C@H]3[C@@H]1OC(=O)c1cc(Cl)c(Cl)[nH]1. The van der Waals surface area contributed by atoms with Crippen LogP contribution in [0.25, 0.3) is 0 Å². The lowest BCUT2D eigenvalue weighted by atomic mass is 9.56. The number of halogens is 2. The molecule has 0 unspecified atom stereocenters. The number of aliphatic hydroxyl groups excluding tert-OH is 2. The smallest absolute Gasteiger partial charge is 0.355 e. The quantitative estimate of drug-likeness (QED) is 0.271. The lowest BCUT2D eigenvalue weighted by Gasteiger charge is -2.49. The molecule has 0 aromatic carbocycles. The molecule has 12 atom stereocenters. The first-order chi connectivity index (χ1) is 20.5. The molecule has 238 valence electrons. The third kappa shape index (κ3) is 5.46. The van der Waals surface area contributed by atoms with E-state index in [2.05, 4.69) is 4.98 Å². The number of carbonyl (C=O) groups excluding carboxylic acids is 2. The zero-order valence-corrected chi connectivity index (χ0v) is 26.2. The standard InChI is InChI=1S/C30H39Cl2NO10/c1-13-8-14(2)30-18(16(10-38-3)28(36)41-24(13)21(34)12-40-5)7-6-15-22(30)23(35)17(11-39-4)25(26(15)43-30)42-29(37)20-9-19(31)27(32)33-20/h6-9,13,15-18,21-26,33-35H,10-12H2,1-5H3/b14-8+/t13-,15-,16-,17-,18-,21-,22+,23-,24+,25-,26-,30+/m1/s1. The monoisotopic (exact) mass is 643 g/mol. The molecule has 1 saturated heterocycles. The van der Waals surface area contributed by atoms with Gasteiger partial charge in [-0.25, -0.2) is 4.79 Å². The number of ether oxygens (including phenoxy) is 6. The predicted molar refractivity (Wildman–Crippen MR) is 155 cm³/mol. The Balaban J connectivity index is 1.60.